The minimum atomic E-state index is -0.972. The number of aliphatic carboxylic acids is 1. The Morgan fingerprint density at radius 2 is 1.59 bits per heavy atom. The van der Waals surface area contributed by atoms with Crippen LogP contribution in [0, 0.1) is 5.82 Å². The summed E-state index contributed by atoms with van der Waals surface area (Å²) < 4.78 is 18.2. The van der Waals surface area contributed by atoms with E-state index in [-0.39, 0.29) is 17.3 Å². The Bertz CT molecular complexity index is 672. The van der Waals surface area contributed by atoms with E-state index in [1.165, 1.54) is 12.1 Å². The summed E-state index contributed by atoms with van der Waals surface area (Å²) in [5.41, 5.74) is 1.98. The highest BCUT2D eigenvalue weighted by Gasteiger charge is 2.14. The van der Waals surface area contributed by atoms with E-state index in [1.54, 1.807) is 32.2 Å². The standard InChI is InChI=1S/C18H17FO3/c1-12(18(20)21)11-17(13-3-7-15(19)8-4-13)14-5-9-16(22-2)10-6-14/h3-11,17H,1-2H3,(H,20,21)/b12-11+. The molecule has 1 N–H and O–H groups in total. The van der Waals surface area contributed by atoms with Crippen LogP contribution in [0.15, 0.2) is 60.2 Å². The van der Waals surface area contributed by atoms with Gasteiger partial charge in [0.15, 0.2) is 0 Å². The maximum Gasteiger partial charge on any atom is 0.330 e. The van der Waals surface area contributed by atoms with E-state index in [0.29, 0.717) is 0 Å². The highest BCUT2D eigenvalue weighted by Crippen LogP contribution is 2.29. The molecule has 0 saturated carbocycles. The van der Waals surface area contributed by atoms with Crippen LogP contribution < -0.4 is 4.74 Å². The quantitative estimate of drug-likeness (QED) is 0.849. The molecular formula is C18H17FO3. The third kappa shape index (κ3) is 3.73. The molecule has 0 spiro atoms. The van der Waals surface area contributed by atoms with Crippen LogP contribution >= 0.6 is 0 Å². The number of benzene rings is 2. The van der Waals surface area contributed by atoms with E-state index in [0.717, 1.165) is 16.9 Å². The van der Waals surface area contributed by atoms with Gasteiger partial charge in [-0.05, 0) is 42.3 Å². The lowest BCUT2D eigenvalue weighted by Crippen LogP contribution is -2.03. The van der Waals surface area contributed by atoms with E-state index < -0.39 is 5.97 Å². The van der Waals surface area contributed by atoms with E-state index in [9.17, 15) is 9.18 Å². The summed E-state index contributed by atoms with van der Waals surface area (Å²) in [6.07, 6.45) is 1.66. The van der Waals surface area contributed by atoms with Gasteiger partial charge >= 0.3 is 5.97 Å². The Morgan fingerprint density at radius 1 is 1.09 bits per heavy atom. The van der Waals surface area contributed by atoms with Crippen molar-refractivity contribution in [3.63, 3.8) is 0 Å². The first-order chi connectivity index (χ1) is 10.5. The molecule has 0 fully saturated rings. The molecule has 3 nitrogen and oxygen atoms in total. The summed E-state index contributed by atoms with van der Waals surface area (Å²) in [6, 6.07) is 13.4. The fraction of sp³-hybridized carbons (Fsp3) is 0.167. The zero-order valence-electron chi connectivity index (χ0n) is 12.4. The highest BCUT2D eigenvalue weighted by molar-refractivity contribution is 5.86. The van der Waals surface area contributed by atoms with Crippen molar-refractivity contribution in [2.24, 2.45) is 0 Å². The van der Waals surface area contributed by atoms with Crippen molar-refractivity contribution in [1.29, 1.82) is 0 Å². The number of carboxylic acids is 1. The molecule has 0 aliphatic rings. The second-order valence-corrected chi connectivity index (χ2v) is 4.96. The number of carboxylic acid groups (broad SMARTS) is 1. The maximum atomic E-state index is 13.1. The number of hydrogen-bond donors (Lipinski definition) is 1. The third-order valence-corrected chi connectivity index (χ3v) is 3.46. The molecule has 4 heteroatoms. The van der Waals surface area contributed by atoms with Crippen molar-refractivity contribution in [3.8, 4) is 5.75 Å². The van der Waals surface area contributed by atoms with E-state index in [1.807, 2.05) is 24.3 Å². The van der Waals surface area contributed by atoms with Gasteiger partial charge in [-0.15, -0.1) is 0 Å². The number of hydrogen-bond acceptors (Lipinski definition) is 2. The predicted molar refractivity (Wildman–Crippen MR) is 82.6 cm³/mol. The number of ether oxygens (including phenoxy) is 1. The van der Waals surface area contributed by atoms with Crippen molar-refractivity contribution >= 4 is 5.97 Å². The summed E-state index contributed by atoms with van der Waals surface area (Å²) in [7, 11) is 1.58. The Labute approximate surface area is 128 Å². The average molecular weight is 300 g/mol. The van der Waals surface area contributed by atoms with Crippen molar-refractivity contribution in [1.82, 2.24) is 0 Å². The van der Waals surface area contributed by atoms with Gasteiger partial charge in [-0.3, -0.25) is 0 Å². The Kier molecular flexibility index (Phi) is 4.94. The van der Waals surface area contributed by atoms with Crippen molar-refractivity contribution in [2.45, 2.75) is 12.8 Å². The molecule has 0 aliphatic carbocycles. The Hall–Kier alpha value is -2.62. The number of allylic oxidation sites excluding steroid dienone is 1. The molecule has 0 saturated heterocycles. The molecule has 0 radical (unpaired) electrons. The second kappa shape index (κ2) is 6.89. The molecule has 2 rings (SSSR count). The van der Waals surface area contributed by atoms with Crippen LogP contribution in [0.2, 0.25) is 0 Å². The topological polar surface area (TPSA) is 46.5 Å². The zero-order valence-corrected chi connectivity index (χ0v) is 12.4. The van der Waals surface area contributed by atoms with Crippen molar-refractivity contribution in [3.05, 3.63) is 77.1 Å². The number of halogens is 1. The summed E-state index contributed by atoms with van der Waals surface area (Å²) in [4.78, 5) is 11.1. The van der Waals surface area contributed by atoms with Gasteiger partial charge in [-0.25, -0.2) is 9.18 Å². The molecule has 0 bridgehead atoms. The minimum absolute atomic E-state index is 0.241. The SMILES string of the molecule is COc1ccc(C(/C=C(\C)C(=O)O)c2ccc(F)cc2)cc1. The zero-order chi connectivity index (χ0) is 16.1. The predicted octanol–water partition coefficient (Wildman–Crippen LogP) is 4.00. The average Bonchev–Trinajstić information content (AvgIpc) is 2.53. The third-order valence-electron chi connectivity index (χ3n) is 3.46. The molecule has 1 unspecified atom stereocenters. The summed E-state index contributed by atoms with van der Waals surface area (Å²) >= 11 is 0. The fourth-order valence-corrected chi connectivity index (χ4v) is 2.19. The lowest BCUT2D eigenvalue weighted by Gasteiger charge is -2.15. The van der Waals surface area contributed by atoms with Crippen LogP contribution in [-0.4, -0.2) is 18.2 Å². The second-order valence-electron chi connectivity index (χ2n) is 4.96. The van der Waals surface area contributed by atoms with Gasteiger partial charge in [-0.2, -0.15) is 0 Å². The van der Waals surface area contributed by atoms with Gasteiger partial charge in [0.1, 0.15) is 11.6 Å². The largest absolute Gasteiger partial charge is 0.497 e. The number of rotatable bonds is 5. The molecule has 0 aromatic heterocycles. The van der Waals surface area contributed by atoms with Crippen LogP contribution in [0.1, 0.15) is 24.0 Å². The van der Waals surface area contributed by atoms with Gasteiger partial charge in [0, 0.05) is 11.5 Å². The Balaban J connectivity index is 2.46. The molecule has 0 aliphatic heterocycles. The normalized spacial score (nSPS) is 12.8. The molecule has 114 valence electrons. The van der Waals surface area contributed by atoms with Crippen molar-refractivity contribution in [2.75, 3.05) is 7.11 Å². The van der Waals surface area contributed by atoms with Crippen LogP contribution in [0.25, 0.3) is 0 Å². The lowest BCUT2D eigenvalue weighted by atomic mass is 9.89. The highest BCUT2D eigenvalue weighted by atomic mass is 19.1. The molecule has 2 aromatic rings. The monoisotopic (exact) mass is 300 g/mol. The molecule has 2 aromatic carbocycles. The first-order valence-corrected chi connectivity index (χ1v) is 6.82. The van der Waals surface area contributed by atoms with Crippen molar-refractivity contribution < 1.29 is 19.0 Å². The fourth-order valence-electron chi connectivity index (χ4n) is 2.19. The van der Waals surface area contributed by atoms with Gasteiger partial charge in [0.25, 0.3) is 0 Å². The van der Waals surface area contributed by atoms with Gasteiger partial charge in [0.2, 0.25) is 0 Å². The van der Waals surface area contributed by atoms with E-state index >= 15 is 0 Å². The van der Waals surface area contributed by atoms with E-state index in [2.05, 4.69) is 0 Å². The molecule has 0 heterocycles. The lowest BCUT2D eigenvalue weighted by molar-refractivity contribution is -0.132. The summed E-state index contributed by atoms with van der Waals surface area (Å²) in [6.45, 7) is 1.54. The first kappa shape index (κ1) is 15.8. The Morgan fingerprint density at radius 3 is 2.05 bits per heavy atom. The molecule has 0 amide bonds. The number of carbonyl (C=O) groups is 1. The van der Waals surface area contributed by atoms with Crippen LogP contribution in [0.5, 0.6) is 5.75 Å². The minimum Gasteiger partial charge on any atom is -0.497 e. The van der Waals surface area contributed by atoms with Crippen LogP contribution in [0.4, 0.5) is 4.39 Å². The van der Waals surface area contributed by atoms with Gasteiger partial charge < -0.3 is 9.84 Å². The van der Waals surface area contributed by atoms with Crippen LogP contribution in [-0.2, 0) is 4.79 Å². The molecule has 22 heavy (non-hydrogen) atoms. The maximum absolute atomic E-state index is 13.1. The van der Waals surface area contributed by atoms with Gasteiger partial charge in [0.05, 0.1) is 7.11 Å². The first-order valence-electron chi connectivity index (χ1n) is 6.82. The van der Waals surface area contributed by atoms with Gasteiger partial charge in [-0.1, -0.05) is 30.3 Å². The van der Waals surface area contributed by atoms with E-state index in [4.69, 9.17) is 9.84 Å². The van der Waals surface area contributed by atoms with Crippen LogP contribution in [0.3, 0.4) is 0 Å². The molecule has 1 atom stereocenters. The number of methoxy groups -OCH3 is 1. The smallest absolute Gasteiger partial charge is 0.330 e. The summed E-state index contributed by atoms with van der Waals surface area (Å²) in [5, 5.41) is 9.10. The molecular weight excluding hydrogens is 283 g/mol. The summed E-state index contributed by atoms with van der Waals surface area (Å²) in [5.74, 6) is -0.833.